The highest BCUT2D eigenvalue weighted by Gasteiger charge is 2.15. The van der Waals surface area contributed by atoms with E-state index in [-0.39, 0.29) is 0 Å². The lowest BCUT2D eigenvalue weighted by Gasteiger charge is -1.91. The summed E-state index contributed by atoms with van der Waals surface area (Å²) in [7, 11) is 1.85. The summed E-state index contributed by atoms with van der Waals surface area (Å²) >= 11 is 0. The molecule has 1 aromatic heterocycles. The summed E-state index contributed by atoms with van der Waals surface area (Å²) in [6, 6.07) is 4.11. The molecule has 0 N–H and O–H groups in total. The van der Waals surface area contributed by atoms with Crippen LogP contribution in [-0.2, 0) is 12.8 Å². The molecular weight excluding hydrogens is 136 g/mol. The molecule has 1 aromatic rings. The number of pyridine rings is 1. The molecule has 0 amide bonds. The van der Waals surface area contributed by atoms with Crippen molar-refractivity contribution in [3.05, 3.63) is 29.6 Å². The molecule has 2 nitrogen and oxygen atoms in total. The van der Waals surface area contributed by atoms with Crippen molar-refractivity contribution >= 4 is 5.71 Å². The first-order valence-electron chi connectivity index (χ1n) is 3.77. The van der Waals surface area contributed by atoms with Crippen LogP contribution in [0.15, 0.2) is 23.3 Å². The van der Waals surface area contributed by atoms with Gasteiger partial charge < -0.3 is 0 Å². The van der Waals surface area contributed by atoms with E-state index in [1.165, 1.54) is 17.0 Å². The van der Waals surface area contributed by atoms with Crippen molar-refractivity contribution in [2.75, 3.05) is 7.05 Å². The van der Waals surface area contributed by atoms with E-state index < -0.39 is 0 Å². The molecule has 2 heteroatoms. The maximum atomic E-state index is 4.28. The zero-order valence-electron chi connectivity index (χ0n) is 6.54. The van der Waals surface area contributed by atoms with Crippen molar-refractivity contribution < 1.29 is 0 Å². The fourth-order valence-corrected chi connectivity index (χ4v) is 1.43. The summed E-state index contributed by atoms with van der Waals surface area (Å²) in [5, 5.41) is 0. The summed E-state index contributed by atoms with van der Waals surface area (Å²) in [4.78, 5) is 8.46. The van der Waals surface area contributed by atoms with E-state index in [9.17, 15) is 0 Å². The van der Waals surface area contributed by atoms with E-state index in [0.717, 1.165) is 12.8 Å². The Hall–Kier alpha value is -1.18. The topological polar surface area (TPSA) is 25.2 Å². The molecule has 0 aromatic carbocycles. The summed E-state index contributed by atoms with van der Waals surface area (Å²) in [5.41, 5.74) is 3.79. The van der Waals surface area contributed by atoms with Gasteiger partial charge in [-0.1, -0.05) is 6.07 Å². The van der Waals surface area contributed by atoms with Gasteiger partial charge in [0.1, 0.15) is 0 Å². The molecule has 56 valence electrons. The second kappa shape index (κ2) is 2.46. The molecule has 1 aliphatic carbocycles. The van der Waals surface area contributed by atoms with Gasteiger partial charge in [0.05, 0.1) is 0 Å². The Bertz CT molecular complexity index is 275. The van der Waals surface area contributed by atoms with Crippen molar-refractivity contribution in [2.24, 2.45) is 4.99 Å². The molecule has 1 aliphatic rings. The molecule has 0 bridgehead atoms. The molecule has 0 radical (unpaired) electrons. The van der Waals surface area contributed by atoms with Crippen molar-refractivity contribution in [3.63, 3.8) is 0 Å². The molecule has 0 fully saturated rings. The van der Waals surface area contributed by atoms with Crippen LogP contribution in [0.1, 0.15) is 11.3 Å². The van der Waals surface area contributed by atoms with Crippen LogP contribution in [0.25, 0.3) is 0 Å². The predicted octanol–water partition coefficient (Wildman–Crippen LogP) is 1.25. The zero-order chi connectivity index (χ0) is 7.68. The average molecular weight is 146 g/mol. The van der Waals surface area contributed by atoms with Gasteiger partial charge in [-0.3, -0.25) is 9.98 Å². The first kappa shape index (κ1) is 6.53. The Balaban J connectivity index is 2.41. The first-order chi connectivity index (χ1) is 5.40. The maximum absolute atomic E-state index is 4.28. The minimum atomic E-state index is 0.951. The van der Waals surface area contributed by atoms with Crippen molar-refractivity contribution in [1.82, 2.24) is 4.98 Å². The molecule has 11 heavy (non-hydrogen) atoms. The molecule has 0 unspecified atom stereocenters. The third-order valence-corrected chi connectivity index (χ3v) is 2.07. The van der Waals surface area contributed by atoms with E-state index in [0.29, 0.717) is 0 Å². The second-order valence-corrected chi connectivity index (χ2v) is 2.75. The second-order valence-electron chi connectivity index (χ2n) is 2.75. The largest absolute Gasteiger partial charge is 0.297 e. The Morgan fingerprint density at radius 2 is 2.36 bits per heavy atom. The van der Waals surface area contributed by atoms with Gasteiger partial charge in [0.15, 0.2) is 0 Å². The number of hydrogen-bond acceptors (Lipinski definition) is 2. The highest BCUT2D eigenvalue weighted by atomic mass is 14.7. The summed E-state index contributed by atoms with van der Waals surface area (Å²) in [6.07, 6.45) is 3.80. The van der Waals surface area contributed by atoms with Crippen molar-refractivity contribution in [3.8, 4) is 0 Å². The van der Waals surface area contributed by atoms with E-state index in [1.54, 1.807) is 0 Å². The molecule has 1 heterocycles. The molecular formula is C9H10N2. The fourth-order valence-electron chi connectivity index (χ4n) is 1.43. The van der Waals surface area contributed by atoms with Gasteiger partial charge in [-0.15, -0.1) is 0 Å². The summed E-state index contributed by atoms with van der Waals surface area (Å²) < 4.78 is 0. The van der Waals surface area contributed by atoms with Gasteiger partial charge in [-0.25, -0.2) is 0 Å². The predicted molar refractivity (Wildman–Crippen MR) is 45.0 cm³/mol. The normalized spacial score (nSPS) is 18.8. The monoisotopic (exact) mass is 146 g/mol. The molecule has 2 rings (SSSR count). The van der Waals surface area contributed by atoms with Gasteiger partial charge >= 0.3 is 0 Å². The van der Waals surface area contributed by atoms with E-state index >= 15 is 0 Å². The van der Waals surface area contributed by atoms with Crippen LogP contribution in [0.4, 0.5) is 0 Å². The quantitative estimate of drug-likeness (QED) is 0.540. The molecule has 0 aliphatic heterocycles. The zero-order valence-corrected chi connectivity index (χ0v) is 6.54. The Morgan fingerprint density at radius 1 is 1.45 bits per heavy atom. The highest BCUT2D eigenvalue weighted by Crippen LogP contribution is 2.16. The number of nitrogens with zero attached hydrogens (tertiary/aromatic N) is 2. The SMILES string of the molecule is CN=C1Cc2cccnc2C1. The average Bonchev–Trinajstić information content (AvgIpc) is 2.46. The van der Waals surface area contributed by atoms with Gasteiger partial charge in [0.25, 0.3) is 0 Å². The number of aliphatic imine (C=N–C) groups is 1. The Labute approximate surface area is 66.0 Å². The van der Waals surface area contributed by atoms with Crippen molar-refractivity contribution in [2.45, 2.75) is 12.8 Å². The maximum Gasteiger partial charge on any atom is 0.0495 e. The van der Waals surface area contributed by atoms with Crippen LogP contribution in [-0.4, -0.2) is 17.7 Å². The third kappa shape index (κ3) is 1.04. The first-order valence-corrected chi connectivity index (χ1v) is 3.77. The Kier molecular flexibility index (Phi) is 1.46. The lowest BCUT2D eigenvalue weighted by atomic mass is 10.2. The molecule has 0 spiro atoms. The minimum absolute atomic E-state index is 0.951. The van der Waals surface area contributed by atoms with Crippen LogP contribution in [0.2, 0.25) is 0 Å². The minimum Gasteiger partial charge on any atom is -0.297 e. The van der Waals surface area contributed by atoms with Gasteiger partial charge in [-0.2, -0.15) is 0 Å². The van der Waals surface area contributed by atoms with E-state index in [4.69, 9.17) is 0 Å². The Morgan fingerprint density at radius 3 is 3.09 bits per heavy atom. The van der Waals surface area contributed by atoms with Crippen LogP contribution >= 0.6 is 0 Å². The van der Waals surface area contributed by atoms with Crippen LogP contribution in [0.3, 0.4) is 0 Å². The number of rotatable bonds is 0. The fraction of sp³-hybridized carbons (Fsp3) is 0.333. The summed E-state index contributed by atoms with van der Waals surface area (Å²) in [5.74, 6) is 0. The van der Waals surface area contributed by atoms with Crippen LogP contribution < -0.4 is 0 Å². The lowest BCUT2D eigenvalue weighted by Crippen LogP contribution is -1.94. The number of hydrogen-bond donors (Lipinski definition) is 0. The van der Waals surface area contributed by atoms with Crippen LogP contribution in [0.5, 0.6) is 0 Å². The highest BCUT2D eigenvalue weighted by molar-refractivity contribution is 5.92. The third-order valence-electron chi connectivity index (χ3n) is 2.07. The van der Waals surface area contributed by atoms with Gasteiger partial charge in [0.2, 0.25) is 0 Å². The van der Waals surface area contributed by atoms with Gasteiger partial charge in [-0.05, 0) is 11.6 Å². The number of fused-ring (bicyclic) bond motifs is 1. The number of aromatic nitrogens is 1. The molecule has 0 atom stereocenters. The van der Waals surface area contributed by atoms with E-state index in [1.807, 2.05) is 19.3 Å². The van der Waals surface area contributed by atoms with Gasteiger partial charge in [0, 0.05) is 37.5 Å². The van der Waals surface area contributed by atoms with Crippen molar-refractivity contribution in [1.29, 1.82) is 0 Å². The molecule has 0 saturated heterocycles. The smallest absolute Gasteiger partial charge is 0.0495 e. The standard InChI is InChI=1S/C9H10N2/c1-10-8-5-7-3-2-4-11-9(7)6-8/h2-4H,5-6H2,1H3. The lowest BCUT2D eigenvalue weighted by molar-refractivity contribution is 1.15. The van der Waals surface area contributed by atoms with Crippen LogP contribution in [0, 0.1) is 0 Å². The summed E-state index contributed by atoms with van der Waals surface area (Å²) in [6.45, 7) is 0. The molecule has 0 saturated carbocycles. The van der Waals surface area contributed by atoms with E-state index in [2.05, 4.69) is 16.0 Å².